The van der Waals surface area contributed by atoms with Gasteiger partial charge in [0.15, 0.2) is 11.5 Å². The predicted molar refractivity (Wildman–Crippen MR) is 111 cm³/mol. The first-order valence-electron chi connectivity index (χ1n) is 9.65. The third-order valence-electron chi connectivity index (χ3n) is 5.23. The van der Waals surface area contributed by atoms with Gasteiger partial charge in [-0.05, 0) is 43.3 Å². The molecule has 1 amide bonds. The zero-order valence-electron chi connectivity index (χ0n) is 16.0. The molecule has 0 bridgehead atoms. The number of thiophene rings is 1. The van der Waals surface area contributed by atoms with Crippen LogP contribution in [-0.4, -0.2) is 48.5 Å². The van der Waals surface area contributed by atoms with E-state index in [1.54, 1.807) is 23.7 Å². The van der Waals surface area contributed by atoms with Crippen molar-refractivity contribution in [3.63, 3.8) is 0 Å². The van der Waals surface area contributed by atoms with Crippen LogP contribution in [0, 0.1) is 6.92 Å². The quantitative estimate of drug-likeness (QED) is 0.522. The molecule has 1 atom stereocenters. The highest BCUT2D eigenvalue weighted by molar-refractivity contribution is 7.13. The fourth-order valence-electron chi connectivity index (χ4n) is 3.70. The number of amides is 1. The number of aryl methyl sites for hydroxylation is 1. The summed E-state index contributed by atoms with van der Waals surface area (Å²) in [5.41, 5.74) is 3.14. The van der Waals surface area contributed by atoms with Crippen molar-refractivity contribution in [3.05, 3.63) is 65.4 Å². The molecule has 4 aromatic rings. The van der Waals surface area contributed by atoms with Gasteiger partial charge in [-0.3, -0.25) is 9.78 Å². The highest BCUT2D eigenvalue weighted by Crippen LogP contribution is 2.28. The van der Waals surface area contributed by atoms with Crippen molar-refractivity contribution in [1.82, 2.24) is 29.5 Å². The Kier molecular flexibility index (Phi) is 4.55. The SMILES string of the molecule is Cc1cnc(C(=O)N2CCC[C@H](c3nc4ccc(-c5cccs5)cn4n3)C2)cn1. The van der Waals surface area contributed by atoms with Gasteiger partial charge in [0.2, 0.25) is 0 Å². The molecule has 1 aliphatic rings. The van der Waals surface area contributed by atoms with Crippen molar-refractivity contribution in [2.24, 2.45) is 0 Å². The summed E-state index contributed by atoms with van der Waals surface area (Å²) in [6, 6.07) is 8.22. The molecule has 8 heteroatoms. The summed E-state index contributed by atoms with van der Waals surface area (Å²) < 4.78 is 1.84. The van der Waals surface area contributed by atoms with Gasteiger partial charge in [0.1, 0.15) is 5.69 Å². The van der Waals surface area contributed by atoms with Crippen molar-refractivity contribution in [2.75, 3.05) is 13.1 Å². The van der Waals surface area contributed by atoms with E-state index in [1.165, 1.54) is 4.88 Å². The summed E-state index contributed by atoms with van der Waals surface area (Å²) in [7, 11) is 0. The van der Waals surface area contributed by atoms with Crippen LogP contribution in [0.15, 0.2) is 48.2 Å². The molecule has 1 fully saturated rings. The Morgan fingerprint density at radius 3 is 2.93 bits per heavy atom. The van der Waals surface area contributed by atoms with Crippen molar-refractivity contribution < 1.29 is 4.79 Å². The normalized spacial score (nSPS) is 17.0. The minimum Gasteiger partial charge on any atom is -0.337 e. The first kappa shape index (κ1) is 17.9. The van der Waals surface area contributed by atoms with Crippen LogP contribution in [0.1, 0.15) is 40.8 Å². The fourth-order valence-corrected chi connectivity index (χ4v) is 4.42. The number of carbonyl (C=O) groups excluding carboxylic acids is 1. The molecule has 0 N–H and O–H groups in total. The van der Waals surface area contributed by atoms with Crippen LogP contribution in [0.2, 0.25) is 0 Å². The van der Waals surface area contributed by atoms with E-state index in [-0.39, 0.29) is 11.8 Å². The highest BCUT2D eigenvalue weighted by atomic mass is 32.1. The van der Waals surface area contributed by atoms with Crippen LogP contribution in [0.25, 0.3) is 16.1 Å². The third-order valence-corrected chi connectivity index (χ3v) is 6.15. The Morgan fingerprint density at radius 2 is 2.14 bits per heavy atom. The maximum Gasteiger partial charge on any atom is 0.274 e. The lowest BCUT2D eigenvalue weighted by Gasteiger charge is -2.31. The zero-order valence-corrected chi connectivity index (χ0v) is 16.8. The number of likely N-dealkylation sites (tertiary alicyclic amines) is 1. The molecule has 1 saturated heterocycles. The number of nitrogens with zero attached hydrogens (tertiary/aromatic N) is 6. The summed E-state index contributed by atoms with van der Waals surface area (Å²) >= 11 is 1.70. The van der Waals surface area contributed by atoms with Crippen molar-refractivity contribution in [3.8, 4) is 10.4 Å². The first-order chi connectivity index (χ1) is 14.2. The van der Waals surface area contributed by atoms with Crippen LogP contribution in [0.5, 0.6) is 0 Å². The predicted octanol–water partition coefficient (Wildman–Crippen LogP) is 3.58. The smallest absolute Gasteiger partial charge is 0.274 e. The van der Waals surface area contributed by atoms with E-state index in [0.717, 1.165) is 42.1 Å². The van der Waals surface area contributed by atoms with Gasteiger partial charge in [0.05, 0.1) is 11.9 Å². The van der Waals surface area contributed by atoms with E-state index in [0.29, 0.717) is 12.2 Å². The minimum atomic E-state index is -0.0778. The molecule has 1 aliphatic heterocycles. The zero-order chi connectivity index (χ0) is 19.8. The number of piperidine rings is 1. The summed E-state index contributed by atoms with van der Waals surface area (Å²) in [6.45, 7) is 3.18. The molecule has 0 spiro atoms. The number of pyridine rings is 1. The molecule has 0 radical (unpaired) electrons. The van der Waals surface area contributed by atoms with E-state index in [4.69, 9.17) is 10.1 Å². The molecule has 146 valence electrons. The van der Waals surface area contributed by atoms with Gasteiger partial charge in [-0.1, -0.05) is 6.07 Å². The maximum absolute atomic E-state index is 12.8. The topological polar surface area (TPSA) is 76.3 Å². The maximum atomic E-state index is 12.8. The molecule has 7 nitrogen and oxygen atoms in total. The van der Waals surface area contributed by atoms with E-state index in [1.807, 2.05) is 34.7 Å². The molecule has 0 aromatic carbocycles. The number of rotatable bonds is 3. The number of fused-ring (bicyclic) bond motifs is 1. The third kappa shape index (κ3) is 3.51. The number of aromatic nitrogens is 5. The summed E-state index contributed by atoms with van der Waals surface area (Å²) in [5.74, 6) is 0.836. The van der Waals surface area contributed by atoms with Gasteiger partial charge in [0, 0.05) is 41.8 Å². The molecule has 29 heavy (non-hydrogen) atoms. The Balaban J connectivity index is 1.38. The van der Waals surface area contributed by atoms with E-state index in [9.17, 15) is 4.79 Å². The van der Waals surface area contributed by atoms with E-state index in [2.05, 4.69) is 27.5 Å². The Bertz CT molecular complexity index is 1150. The number of hydrogen-bond acceptors (Lipinski definition) is 6. The van der Waals surface area contributed by atoms with Gasteiger partial charge in [-0.25, -0.2) is 14.5 Å². The molecule has 0 unspecified atom stereocenters. The van der Waals surface area contributed by atoms with Gasteiger partial charge in [-0.15, -0.1) is 11.3 Å². The Hall–Kier alpha value is -3.13. The van der Waals surface area contributed by atoms with Gasteiger partial charge in [0.25, 0.3) is 5.91 Å². The molecular weight excluding hydrogens is 384 g/mol. The molecule has 5 rings (SSSR count). The van der Waals surface area contributed by atoms with Gasteiger partial charge < -0.3 is 4.90 Å². The minimum absolute atomic E-state index is 0.0778. The summed E-state index contributed by atoms with van der Waals surface area (Å²) in [4.78, 5) is 29.0. The van der Waals surface area contributed by atoms with Crippen LogP contribution < -0.4 is 0 Å². The van der Waals surface area contributed by atoms with Gasteiger partial charge >= 0.3 is 0 Å². The molecule has 5 heterocycles. The van der Waals surface area contributed by atoms with Crippen LogP contribution >= 0.6 is 11.3 Å². The molecule has 0 aliphatic carbocycles. The lowest BCUT2D eigenvalue weighted by molar-refractivity contribution is 0.0698. The van der Waals surface area contributed by atoms with Crippen molar-refractivity contribution in [1.29, 1.82) is 0 Å². The van der Waals surface area contributed by atoms with Gasteiger partial charge in [-0.2, -0.15) is 5.10 Å². The number of carbonyl (C=O) groups is 1. The molecule has 4 aromatic heterocycles. The van der Waals surface area contributed by atoms with Crippen LogP contribution in [-0.2, 0) is 0 Å². The average Bonchev–Trinajstić information content (AvgIpc) is 3.43. The average molecular weight is 404 g/mol. The lowest BCUT2D eigenvalue weighted by atomic mass is 9.97. The van der Waals surface area contributed by atoms with Crippen molar-refractivity contribution in [2.45, 2.75) is 25.7 Å². The Labute approximate surface area is 172 Å². The lowest BCUT2D eigenvalue weighted by Crippen LogP contribution is -2.39. The van der Waals surface area contributed by atoms with E-state index < -0.39 is 0 Å². The van der Waals surface area contributed by atoms with Crippen LogP contribution in [0.3, 0.4) is 0 Å². The second-order valence-electron chi connectivity index (χ2n) is 7.30. The summed E-state index contributed by atoms with van der Waals surface area (Å²) in [5, 5.41) is 6.80. The fraction of sp³-hybridized carbons (Fsp3) is 0.286. The molecule has 0 saturated carbocycles. The monoisotopic (exact) mass is 404 g/mol. The molecular formula is C21H20N6OS. The van der Waals surface area contributed by atoms with Crippen LogP contribution in [0.4, 0.5) is 0 Å². The second kappa shape index (κ2) is 7.36. The standard InChI is InChI=1S/C21H20N6OS/c1-14-10-23-17(11-22-14)21(28)26-8-2-4-16(12-26)20-24-19-7-6-15(13-27(19)25-20)18-5-3-9-29-18/h3,5-7,9-11,13,16H,2,4,8,12H2,1H3/t16-/m0/s1. The second-order valence-corrected chi connectivity index (χ2v) is 8.25. The highest BCUT2D eigenvalue weighted by Gasteiger charge is 2.28. The Morgan fingerprint density at radius 1 is 1.21 bits per heavy atom. The summed E-state index contributed by atoms with van der Waals surface area (Å²) in [6.07, 6.45) is 7.09. The number of hydrogen-bond donors (Lipinski definition) is 0. The first-order valence-corrected chi connectivity index (χ1v) is 10.5. The van der Waals surface area contributed by atoms with Crippen molar-refractivity contribution >= 4 is 22.9 Å². The largest absolute Gasteiger partial charge is 0.337 e. The van der Waals surface area contributed by atoms with E-state index >= 15 is 0 Å².